The molecule has 4 rings (SSSR count). The van der Waals surface area contributed by atoms with Crippen LogP contribution in [0, 0.1) is 13.8 Å². The summed E-state index contributed by atoms with van der Waals surface area (Å²) in [6, 6.07) is 1.53. The zero-order chi connectivity index (χ0) is 17.8. The van der Waals surface area contributed by atoms with E-state index in [2.05, 4.69) is 70.7 Å². The molecule has 2 aromatic rings. The summed E-state index contributed by atoms with van der Waals surface area (Å²) < 4.78 is 2.11. The van der Waals surface area contributed by atoms with Crippen LogP contribution in [-0.4, -0.2) is 37.0 Å². The molecule has 6 nitrogen and oxygen atoms in total. The molecule has 0 aromatic carbocycles. The number of nitrogens with zero attached hydrogens (tertiary/aromatic N) is 6. The summed E-state index contributed by atoms with van der Waals surface area (Å²) in [6.45, 7) is 10.8. The van der Waals surface area contributed by atoms with E-state index >= 15 is 0 Å². The highest BCUT2D eigenvalue weighted by Gasteiger charge is 2.43. The highest BCUT2D eigenvalue weighted by molar-refractivity contribution is 5.51. The molecule has 0 radical (unpaired) electrons. The van der Waals surface area contributed by atoms with Crippen molar-refractivity contribution >= 4 is 5.82 Å². The molecule has 2 bridgehead atoms. The summed E-state index contributed by atoms with van der Waals surface area (Å²) in [7, 11) is 0. The first kappa shape index (κ1) is 16.5. The molecule has 2 fully saturated rings. The summed E-state index contributed by atoms with van der Waals surface area (Å²) in [5.74, 6) is 1.13. The van der Waals surface area contributed by atoms with Gasteiger partial charge in [-0.15, -0.1) is 5.10 Å². The molecule has 2 aliphatic rings. The third-order valence-corrected chi connectivity index (χ3v) is 5.92. The zero-order valence-electron chi connectivity index (χ0n) is 15.9. The largest absolute Gasteiger partial charge is 0.350 e. The fraction of sp³-hybridized carbons (Fsp3) is 0.684. The number of aryl methyl sites for hydroxylation is 1. The Morgan fingerprint density at radius 3 is 2.28 bits per heavy atom. The molecule has 4 heterocycles. The SMILES string of the molecule is Cc1ncnc(N2C3CCC2CC(n2cc(C(C)(C)C)nn2)C3)c1C. The molecule has 2 saturated heterocycles. The lowest BCUT2D eigenvalue weighted by molar-refractivity contribution is 0.308. The Balaban J connectivity index is 1.58. The van der Waals surface area contributed by atoms with Crippen LogP contribution in [-0.2, 0) is 5.41 Å². The van der Waals surface area contributed by atoms with E-state index in [1.165, 1.54) is 18.4 Å². The molecule has 2 aliphatic heterocycles. The number of rotatable bonds is 2. The maximum absolute atomic E-state index is 4.62. The van der Waals surface area contributed by atoms with E-state index in [4.69, 9.17) is 0 Å². The molecule has 0 amide bonds. The number of piperidine rings is 1. The van der Waals surface area contributed by atoms with Gasteiger partial charge in [-0.1, -0.05) is 26.0 Å². The Hall–Kier alpha value is -1.98. The Morgan fingerprint density at radius 2 is 1.68 bits per heavy atom. The van der Waals surface area contributed by atoms with Crippen LogP contribution in [0.3, 0.4) is 0 Å². The molecule has 0 saturated carbocycles. The topological polar surface area (TPSA) is 59.7 Å². The van der Waals surface area contributed by atoms with E-state index < -0.39 is 0 Å². The highest BCUT2D eigenvalue weighted by Crippen LogP contribution is 2.43. The van der Waals surface area contributed by atoms with Crippen molar-refractivity contribution in [3.05, 3.63) is 29.5 Å². The molecule has 25 heavy (non-hydrogen) atoms. The maximum Gasteiger partial charge on any atom is 0.135 e. The smallest absolute Gasteiger partial charge is 0.135 e. The van der Waals surface area contributed by atoms with E-state index in [1.807, 2.05) is 0 Å². The van der Waals surface area contributed by atoms with Crippen molar-refractivity contribution in [2.45, 2.75) is 83.8 Å². The molecule has 0 aliphatic carbocycles. The van der Waals surface area contributed by atoms with E-state index in [0.29, 0.717) is 18.1 Å². The Labute approximate surface area is 149 Å². The van der Waals surface area contributed by atoms with Gasteiger partial charge in [0.2, 0.25) is 0 Å². The van der Waals surface area contributed by atoms with E-state index in [0.717, 1.165) is 30.0 Å². The second-order valence-corrected chi connectivity index (χ2v) is 8.66. The summed E-state index contributed by atoms with van der Waals surface area (Å²) in [6.07, 6.45) is 8.57. The molecule has 2 aromatic heterocycles. The van der Waals surface area contributed by atoms with Crippen molar-refractivity contribution in [3.8, 4) is 0 Å². The van der Waals surface area contributed by atoms with Crippen LogP contribution < -0.4 is 4.90 Å². The molecule has 134 valence electrons. The van der Waals surface area contributed by atoms with Crippen LogP contribution in [0.15, 0.2) is 12.5 Å². The minimum Gasteiger partial charge on any atom is -0.350 e. The molecule has 0 spiro atoms. The third kappa shape index (κ3) is 2.81. The monoisotopic (exact) mass is 340 g/mol. The number of fused-ring (bicyclic) bond motifs is 2. The molecule has 0 N–H and O–H groups in total. The van der Waals surface area contributed by atoms with Crippen molar-refractivity contribution in [1.82, 2.24) is 25.0 Å². The van der Waals surface area contributed by atoms with Gasteiger partial charge in [0.15, 0.2) is 0 Å². The number of hydrogen-bond acceptors (Lipinski definition) is 5. The number of anilines is 1. The van der Waals surface area contributed by atoms with Crippen molar-refractivity contribution in [2.75, 3.05) is 4.90 Å². The average Bonchev–Trinajstić information content (AvgIpc) is 3.13. The zero-order valence-corrected chi connectivity index (χ0v) is 15.9. The fourth-order valence-electron chi connectivity index (χ4n) is 4.29. The van der Waals surface area contributed by atoms with Crippen LogP contribution in [0.2, 0.25) is 0 Å². The standard InChI is InChI=1S/C19H28N6/c1-12-13(2)20-11-21-18(12)25-14-6-7-15(25)9-16(8-14)24-10-17(22-23-24)19(3,4)5/h10-11,14-16H,6-9H2,1-5H3. The van der Waals surface area contributed by atoms with Gasteiger partial charge in [-0.3, -0.25) is 0 Å². The predicted octanol–water partition coefficient (Wildman–Crippen LogP) is 3.35. The Bertz CT molecular complexity index is 760. The van der Waals surface area contributed by atoms with Crippen LogP contribution in [0.4, 0.5) is 5.82 Å². The quantitative estimate of drug-likeness (QED) is 0.839. The average molecular weight is 340 g/mol. The molecular weight excluding hydrogens is 312 g/mol. The van der Waals surface area contributed by atoms with Gasteiger partial charge in [-0.25, -0.2) is 14.6 Å². The summed E-state index contributed by atoms with van der Waals surface area (Å²) in [5, 5.41) is 8.87. The third-order valence-electron chi connectivity index (χ3n) is 5.92. The van der Waals surface area contributed by atoms with Crippen molar-refractivity contribution in [3.63, 3.8) is 0 Å². The molecular formula is C19H28N6. The first-order valence-corrected chi connectivity index (χ1v) is 9.33. The summed E-state index contributed by atoms with van der Waals surface area (Å²) >= 11 is 0. The lowest BCUT2D eigenvalue weighted by Crippen LogP contribution is -2.44. The van der Waals surface area contributed by atoms with Gasteiger partial charge in [0, 0.05) is 35.0 Å². The van der Waals surface area contributed by atoms with E-state index in [-0.39, 0.29) is 5.41 Å². The van der Waals surface area contributed by atoms with E-state index in [9.17, 15) is 0 Å². The van der Waals surface area contributed by atoms with Crippen LogP contribution in [0.1, 0.15) is 69.4 Å². The summed E-state index contributed by atoms with van der Waals surface area (Å²) in [5.41, 5.74) is 3.42. The lowest BCUT2D eigenvalue weighted by atomic mass is 9.93. The normalized spacial score (nSPS) is 26.3. The van der Waals surface area contributed by atoms with Gasteiger partial charge in [-0.05, 0) is 39.5 Å². The van der Waals surface area contributed by atoms with Crippen LogP contribution >= 0.6 is 0 Å². The number of hydrogen-bond donors (Lipinski definition) is 0. The minimum absolute atomic E-state index is 0.0491. The van der Waals surface area contributed by atoms with Crippen molar-refractivity contribution in [2.24, 2.45) is 0 Å². The van der Waals surface area contributed by atoms with Gasteiger partial charge in [0.05, 0.1) is 11.7 Å². The molecule has 2 unspecified atom stereocenters. The van der Waals surface area contributed by atoms with Gasteiger partial charge in [0.25, 0.3) is 0 Å². The maximum atomic E-state index is 4.62. The van der Waals surface area contributed by atoms with Gasteiger partial charge in [-0.2, -0.15) is 0 Å². The second kappa shape index (κ2) is 5.78. The highest BCUT2D eigenvalue weighted by atomic mass is 15.4. The van der Waals surface area contributed by atoms with E-state index in [1.54, 1.807) is 6.33 Å². The van der Waals surface area contributed by atoms with Crippen molar-refractivity contribution in [1.29, 1.82) is 0 Å². The van der Waals surface area contributed by atoms with Gasteiger partial charge >= 0.3 is 0 Å². The number of aromatic nitrogens is 5. The fourth-order valence-corrected chi connectivity index (χ4v) is 4.29. The lowest BCUT2D eigenvalue weighted by Gasteiger charge is -2.40. The minimum atomic E-state index is 0.0491. The van der Waals surface area contributed by atoms with Crippen LogP contribution in [0.5, 0.6) is 0 Å². The molecule has 2 atom stereocenters. The van der Waals surface area contributed by atoms with Gasteiger partial charge in [0.1, 0.15) is 12.1 Å². The Kier molecular flexibility index (Phi) is 3.81. The van der Waals surface area contributed by atoms with Crippen molar-refractivity contribution < 1.29 is 0 Å². The first-order valence-electron chi connectivity index (χ1n) is 9.33. The Morgan fingerprint density at radius 1 is 1.00 bits per heavy atom. The van der Waals surface area contributed by atoms with Crippen LogP contribution in [0.25, 0.3) is 0 Å². The predicted molar refractivity (Wildman–Crippen MR) is 97.8 cm³/mol. The second-order valence-electron chi connectivity index (χ2n) is 8.66. The van der Waals surface area contributed by atoms with Gasteiger partial charge < -0.3 is 4.90 Å². The molecule has 6 heteroatoms. The first-order chi connectivity index (χ1) is 11.8. The summed E-state index contributed by atoms with van der Waals surface area (Å²) in [4.78, 5) is 11.5.